The molecule has 2 rings (SSSR count). The Kier molecular flexibility index (Phi) is 5.12. The van der Waals surface area contributed by atoms with Crippen molar-refractivity contribution in [1.82, 2.24) is 0 Å². The molecular formula is C16H25ClN2. The lowest BCUT2D eigenvalue weighted by Gasteiger charge is -2.34. The molecule has 1 aromatic rings. The summed E-state index contributed by atoms with van der Waals surface area (Å²) in [5, 5.41) is 0.802. The van der Waals surface area contributed by atoms with Gasteiger partial charge in [-0.3, -0.25) is 0 Å². The molecule has 0 amide bonds. The third kappa shape index (κ3) is 3.87. The molecule has 2 nitrogen and oxygen atoms in total. The van der Waals surface area contributed by atoms with Gasteiger partial charge in [-0.1, -0.05) is 30.9 Å². The second-order valence-electron chi connectivity index (χ2n) is 5.86. The van der Waals surface area contributed by atoms with Crippen molar-refractivity contribution in [2.45, 2.75) is 57.5 Å². The normalized spacial score (nSPS) is 18.3. The van der Waals surface area contributed by atoms with E-state index in [1.807, 2.05) is 13.0 Å². The summed E-state index contributed by atoms with van der Waals surface area (Å²) in [7, 11) is 2.21. The predicted molar refractivity (Wildman–Crippen MR) is 84.1 cm³/mol. The molecule has 1 atom stereocenters. The molecule has 1 aromatic carbocycles. The lowest BCUT2D eigenvalue weighted by molar-refractivity contribution is 0.427. The molecule has 1 unspecified atom stereocenters. The molecule has 1 saturated carbocycles. The van der Waals surface area contributed by atoms with Gasteiger partial charge >= 0.3 is 0 Å². The minimum Gasteiger partial charge on any atom is -0.371 e. The van der Waals surface area contributed by atoms with Gasteiger partial charge in [0.05, 0.1) is 0 Å². The van der Waals surface area contributed by atoms with Crippen LogP contribution in [-0.4, -0.2) is 19.1 Å². The molecule has 0 spiro atoms. The quantitative estimate of drug-likeness (QED) is 0.903. The van der Waals surface area contributed by atoms with Gasteiger partial charge in [0.2, 0.25) is 0 Å². The molecule has 1 aliphatic carbocycles. The number of halogens is 1. The highest BCUT2D eigenvalue weighted by Crippen LogP contribution is 2.30. The van der Waals surface area contributed by atoms with E-state index >= 15 is 0 Å². The Morgan fingerprint density at radius 1 is 1.32 bits per heavy atom. The van der Waals surface area contributed by atoms with Gasteiger partial charge in [0.25, 0.3) is 0 Å². The van der Waals surface area contributed by atoms with Crippen molar-refractivity contribution in [2.24, 2.45) is 5.73 Å². The van der Waals surface area contributed by atoms with Crippen LogP contribution in [0.1, 0.15) is 44.6 Å². The van der Waals surface area contributed by atoms with Crippen molar-refractivity contribution in [3.63, 3.8) is 0 Å². The fourth-order valence-electron chi connectivity index (χ4n) is 3.07. The molecule has 3 heteroatoms. The van der Waals surface area contributed by atoms with Gasteiger partial charge in [0.1, 0.15) is 0 Å². The Labute approximate surface area is 121 Å². The summed E-state index contributed by atoms with van der Waals surface area (Å²) < 4.78 is 0. The number of hydrogen-bond donors (Lipinski definition) is 1. The van der Waals surface area contributed by atoms with Crippen LogP contribution in [0.4, 0.5) is 5.69 Å². The minimum atomic E-state index is 0.164. The van der Waals surface area contributed by atoms with Crippen LogP contribution in [-0.2, 0) is 6.42 Å². The average Bonchev–Trinajstić information content (AvgIpc) is 2.38. The molecule has 0 bridgehead atoms. The molecular weight excluding hydrogens is 256 g/mol. The lowest BCUT2D eigenvalue weighted by Crippen LogP contribution is -2.34. The maximum atomic E-state index is 6.13. The monoisotopic (exact) mass is 280 g/mol. The first kappa shape index (κ1) is 14.7. The molecule has 1 fully saturated rings. The Hall–Kier alpha value is -0.730. The fraction of sp³-hybridized carbons (Fsp3) is 0.625. The molecule has 1 aliphatic rings. The topological polar surface area (TPSA) is 29.3 Å². The van der Waals surface area contributed by atoms with Crippen LogP contribution in [0.25, 0.3) is 0 Å². The summed E-state index contributed by atoms with van der Waals surface area (Å²) >= 11 is 6.13. The Morgan fingerprint density at radius 2 is 2.00 bits per heavy atom. The van der Waals surface area contributed by atoms with Gasteiger partial charge < -0.3 is 10.6 Å². The first-order valence-electron chi connectivity index (χ1n) is 7.35. The zero-order valence-electron chi connectivity index (χ0n) is 12.0. The number of rotatable bonds is 4. The van der Waals surface area contributed by atoms with E-state index < -0.39 is 0 Å². The Balaban J connectivity index is 2.21. The number of benzene rings is 1. The van der Waals surface area contributed by atoms with Crippen molar-refractivity contribution in [3.05, 3.63) is 28.8 Å². The maximum Gasteiger partial charge on any atom is 0.0410 e. The van der Waals surface area contributed by atoms with Crippen LogP contribution >= 0.6 is 11.6 Å². The number of nitrogens with two attached hydrogens (primary N) is 1. The second kappa shape index (κ2) is 6.62. The largest absolute Gasteiger partial charge is 0.371 e. The Bertz CT molecular complexity index is 411. The van der Waals surface area contributed by atoms with E-state index in [1.165, 1.54) is 43.4 Å². The van der Waals surface area contributed by atoms with Crippen molar-refractivity contribution < 1.29 is 0 Å². The van der Waals surface area contributed by atoms with E-state index in [1.54, 1.807) is 0 Å². The summed E-state index contributed by atoms with van der Waals surface area (Å²) in [5.41, 5.74) is 8.53. The molecule has 106 valence electrons. The van der Waals surface area contributed by atoms with Gasteiger partial charge in [-0.15, -0.1) is 0 Å². The first-order chi connectivity index (χ1) is 9.08. The van der Waals surface area contributed by atoms with Crippen LogP contribution in [0.5, 0.6) is 0 Å². The van der Waals surface area contributed by atoms with E-state index in [0.717, 1.165) is 11.4 Å². The van der Waals surface area contributed by atoms with E-state index in [-0.39, 0.29) is 6.04 Å². The first-order valence-corrected chi connectivity index (χ1v) is 7.72. The maximum absolute atomic E-state index is 6.13. The summed E-state index contributed by atoms with van der Waals surface area (Å²) in [6.07, 6.45) is 7.58. The zero-order valence-corrected chi connectivity index (χ0v) is 12.8. The standard InChI is InChI=1S/C16H25ClN2/c1-12(18)10-13-11-14(17)8-9-16(13)19(2)15-6-4-3-5-7-15/h8-9,11-12,15H,3-7,10,18H2,1-2H3. The van der Waals surface area contributed by atoms with E-state index in [4.69, 9.17) is 17.3 Å². The molecule has 0 saturated heterocycles. The minimum absolute atomic E-state index is 0.164. The molecule has 0 radical (unpaired) electrons. The number of nitrogens with zero attached hydrogens (tertiary/aromatic N) is 1. The van der Waals surface area contributed by atoms with Gasteiger partial charge in [-0.25, -0.2) is 0 Å². The van der Waals surface area contributed by atoms with E-state index in [0.29, 0.717) is 6.04 Å². The van der Waals surface area contributed by atoms with Crippen LogP contribution in [0.2, 0.25) is 5.02 Å². The summed E-state index contributed by atoms with van der Waals surface area (Å²) in [4.78, 5) is 2.44. The molecule has 0 aromatic heterocycles. The second-order valence-corrected chi connectivity index (χ2v) is 6.29. The summed E-state index contributed by atoms with van der Waals surface area (Å²) in [6.45, 7) is 2.05. The smallest absolute Gasteiger partial charge is 0.0410 e. The fourth-order valence-corrected chi connectivity index (χ4v) is 3.27. The highest BCUT2D eigenvalue weighted by Gasteiger charge is 2.20. The van der Waals surface area contributed by atoms with Crippen LogP contribution in [0, 0.1) is 0 Å². The van der Waals surface area contributed by atoms with Gasteiger partial charge in [-0.05, 0) is 49.9 Å². The van der Waals surface area contributed by atoms with E-state index in [2.05, 4.69) is 24.1 Å². The van der Waals surface area contributed by atoms with E-state index in [9.17, 15) is 0 Å². The highest BCUT2D eigenvalue weighted by atomic mass is 35.5. The molecule has 0 aliphatic heterocycles. The van der Waals surface area contributed by atoms with Crippen LogP contribution in [0.3, 0.4) is 0 Å². The third-order valence-corrected chi connectivity index (χ3v) is 4.32. The van der Waals surface area contributed by atoms with Crippen molar-refractivity contribution >= 4 is 17.3 Å². The van der Waals surface area contributed by atoms with Crippen molar-refractivity contribution in [1.29, 1.82) is 0 Å². The molecule has 2 N–H and O–H groups in total. The van der Waals surface area contributed by atoms with Gasteiger partial charge in [0.15, 0.2) is 0 Å². The van der Waals surface area contributed by atoms with Gasteiger partial charge in [-0.2, -0.15) is 0 Å². The molecule has 19 heavy (non-hydrogen) atoms. The number of hydrogen-bond acceptors (Lipinski definition) is 2. The Morgan fingerprint density at radius 3 is 2.63 bits per heavy atom. The SMILES string of the molecule is CC(N)Cc1cc(Cl)ccc1N(C)C1CCCCC1. The van der Waals surface area contributed by atoms with Crippen molar-refractivity contribution in [2.75, 3.05) is 11.9 Å². The van der Waals surface area contributed by atoms with Gasteiger partial charge in [0, 0.05) is 29.8 Å². The van der Waals surface area contributed by atoms with Crippen molar-refractivity contribution in [3.8, 4) is 0 Å². The zero-order chi connectivity index (χ0) is 13.8. The predicted octanol–water partition coefficient (Wildman–Crippen LogP) is 4.00. The molecule has 0 heterocycles. The van der Waals surface area contributed by atoms with Crippen LogP contribution < -0.4 is 10.6 Å². The highest BCUT2D eigenvalue weighted by molar-refractivity contribution is 6.30. The summed E-state index contributed by atoms with van der Waals surface area (Å²) in [5.74, 6) is 0. The lowest BCUT2D eigenvalue weighted by atomic mass is 9.93. The third-order valence-electron chi connectivity index (χ3n) is 4.09. The number of anilines is 1. The summed E-state index contributed by atoms with van der Waals surface area (Å²) in [6, 6.07) is 7.04. The average molecular weight is 281 g/mol. The van der Waals surface area contributed by atoms with Crippen LogP contribution in [0.15, 0.2) is 18.2 Å².